The van der Waals surface area contributed by atoms with Crippen molar-refractivity contribution >= 4 is 23.0 Å². The summed E-state index contributed by atoms with van der Waals surface area (Å²) in [7, 11) is 0. The van der Waals surface area contributed by atoms with E-state index in [1.807, 2.05) is 37.3 Å². The molecule has 1 saturated heterocycles. The van der Waals surface area contributed by atoms with Gasteiger partial charge in [0.2, 0.25) is 5.91 Å². The van der Waals surface area contributed by atoms with Gasteiger partial charge >= 0.3 is 11.7 Å². The minimum atomic E-state index is -0.511. The highest BCUT2D eigenvalue weighted by Gasteiger charge is 2.28. The molecule has 1 unspecified atom stereocenters. The van der Waals surface area contributed by atoms with Crippen molar-refractivity contribution in [3.8, 4) is 5.75 Å². The van der Waals surface area contributed by atoms with E-state index in [1.165, 1.54) is 6.07 Å². The Bertz CT molecular complexity index is 1180. The Morgan fingerprint density at radius 3 is 2.81 bits per heavy atom. The van der Waals surface area contributed by atoms with Gasteiger partial charge in [-0.1, -0.05) is 30.3 Å². The third kappa shape index (κ3) is 5.15. The minimum absolute atomic E-state index is 0.102. The molecular formula is C24H25N3O5. The van der Waals surface area contributed by atoms with Crippen molar-refractivity contribution in [1.82, 2.24) is 15.5 Å². The molecular weight excluding hydrogens is 410 g/mol. The molecule has 0 radical (unpaired) electrons. The van der Waals surface area contributed by atoms with Gasteiger partial charge in [-0.2, -0.15) is 0 Å². The number of carbonyl (C=O) groups is 2. The van der Waals surface area contributed by atoms with Crippen molar-refractivity contribution in [3.05, 3.63) is 76.1 Å². The molecule has 1 aromatic heterocycles. The number of nitrogens with zero attached hydrogens (tertiary/aromatic N) is 1. The number of hydrogen-bond acceptors (Lipinski definition) is 6. The Hall–Kier alpha value is -3.65. The van der Waals surface area contributed by atoms with Gasteiger partial charge in [0.25, 0.3) is 0 Å². The van der Waals surface area contributed by atoms with Gasteiger partial charge in [-0.3, -0.25) is 4.79 Å². The van der Waals surface area contributed by atoms with Gasteiger partial charge in [0, 0.05) is 43.7 Å². The van der Waals surface area contributed by atoms with Crippen LogP contribution in [-0.4, -0.2) is 49.1 Å². The Labute approximate surface area is 185 Å². The number of nitrogens with one attached hydrogen (secondary N) is 2. The Morgan fingerprint density at radius 1 is 1.19 bits per heavy atom. The van der Waals surface area contributed by atoms with Crippen LogP contribution in [0.3, 0.4) is 0 Å². The Morgan fingerprint density at radius 2 is 2.00 bits per heavy atom. The molecule has 0 spiro atoms. The maximum atomic E-state index is 12.9. The molecule has 1 aliphatic heterocycles. The summed E-state index contributed by atoms with van der Waals surface area (Å²) in [6.45, 7) is 3.78. The lowest BCUT2D eigenvalue weighted by molar-refractivity contribution is -0.120. The summed E-state index contributed by atoms with van der Waals surface area (Å²) >= 11 is 0. The largest absolute Gasteiger partial charge is 0.423 e. The van der Waals surface area contributed by atoms with Crippen LogP contribution < -0.4 is 21.0 Å². The van der Waals surface area contributed by atoms with Crippen LogP contribution in [0.2, 0.25) is 0 Å². The van der Waals surface area contributed by atoms with E-state index in [2.05, 4.69) is 10.6 Å². The molecule has 2 N–H and O–H groups in total. The van der Waals surface area contributed by atoms with Crippen LogP contribution >= 0.6 is 0 Å². The maximum absolute atomic E-state index is 12.9. The Kier molecular flexibility index (Phi) is 6.51. The van der Waals surface area contributed by atoms with E-state index in [9.17, 15) is 14.4 Å². The molecule has 0 saturated carbocycles. The van der Waals surface area contributed by atoms with E-state index in [0.717, 1.165) is 16.5 Å². The SMILES string of the molecule is Cc1cc(=O)oc2cc(OC(=O)N3CCNCC3CNC(=O)Cc3ccccc3)ccc12. The van der Waals surface area contributed by atoms with Crippen LogP contribution in [0.25, 0.3) is 11.0 Å². The Balaban J connectivity index is 1.39. The normalized spacial score (nSPS) is 16.0. The van der Waals surface area contributed by atoms with E-state index in [0.29, 0.717) is 37.5 Å². The zero-order valence-corrected chi connectivity index (χ0v) is 17.8. The monoisotopic (exact) mass is 435 g/mol. The van der Waals surface area contributed by atoms with Crippen molar-refractivity contribution in [2.45, 2.75) is 19.4 Å². The van der Waals surface area contributed by atoms with E-state index in [-0.39, 0.29) is 18.4 Å². The predicted octanol–water partition coefficient (Wildman–Crippen LogP) is 2.23. The topological polar surface area (TPSA) is 101 Å². The number of rotatable bonds is 5. The third-order valence-corrected chi connectivity index (χ3v) is 5.46. The quantitative estimate of drug-likeness (QED) is 0.596. The third-order valence-electron chi connectivity index (χ3n) is 5.46. The molecule has 2 aromatic carbocycles. The molecule has 4 rings (SSSR count). The summed E-state index contributed by atoms with van der Waals surface area (Å²) < 4.78 is 10.8. The van der Waals surface area contributed by atoms with Crippen molar-refractivity contribution in [2.75, 3.05) is 26.2 Å². The molecule has 1 aliphatic rings. The van der Waals surface area contributed by atoms with Crippen LogP contribution in [0.4, 0.5) is 4.79 Å². The number of benzene rings is 2. The summed E-state index contributed by atoms with van der Waals surface area (Å²) in [5.41, 5.74) is 1.64. The summed E-state index contributed by atoms with van der Waals surface area (Å²) in [6.07, 6.45) is -0.226. The second kappa shape index (κ2) is 9.65. The molecule has 2 heterocycles. The van der Waals surface area contributed by atoms with Crippen LogP contribution in [0.1, 0.15) is 11.1 Å². The number of carbonyl (C=O) groups excluding carboxylic acids is 2. The van der Waals surface area contributed by atoms with Gasteiger partial charge in [0.1, 0.15) is 11.3 Å². The number of piperazine rings is 1. The van der Waals surface area contributed by atoms with Gasteiger partial charge in [-0.15, -0.1) is 0 Å². The van der Waals surface area contributed by atoms with E-state index < -0.39 is 11.7 Å². The average molecular weight is 435 g/mol. The first-order chi connectivity index (χ1) is 15.5. The smallest absolute Gasteiger partial charge is 0.415 e. The van der Waals surface area contributed by atoms with Crippen molar-refractivity contribution in [2.24, 2.45) is 0 Å². The number of fused-ring (bicyclic) bond motifs is 1. The highest BCUT2D eigenvalue weighted by molar-refractivity contribution is 5.82. The molecule has 2 amide bonds. The van der Waals surface area contributed by atoms with Gasteiger partial charge in [-0.05, 0) is 30.2 Å². The highest BCUT2D eigenvalue weighted by Crippen LogP contribution is 2.23. The second-order valence-electron chi connectivity index (χ2n) is 7.79. The lowest BCUT2D eigenvalue weighted by Gasteiger charge is -2.35. The highest BCUT2D eigenvalue weighted by atomic mass is 16.6. The summed E-state index contributed by atoms with van der Waals surface area (Å²) in [5.74, 6) is 0.191. The summed E-state index contributed by atoms with van der Waals surface area (Å²) in [5, 5.41) is 6.93. The van der Waals surface area contributed by atoms with E-state index in [4.69, 9.17) is 9.15 Å². The molecule has 8 nitrogen and oxygen atoms in total. The fourth-order valence-electron chi connectivity index (χ4n) is 3.79. The molecule has 0 aliphatic carbocycles. The molecule has 0 bridgehead atoms. The average Bonchev–Trinajstić information content (AvgIpc) is 2.78. The van der Waals surface area contributed by atoms with Crippen LogP contribution in [0.5, 0.6) is 5.75 Å². The molecule has 8 heteroatoms. The number of amides is 2. The second-order valence-corrected chi connectivity index (χ2v) is 7.79. The van der Waals surface area contributed by atoms with Crippen LogP contribution in [-0.2, 0) is 11.2 Å². The first-order valence-corrected chi connectivity index (χ1v) is 10.5. The number of aryl methyl sites for hydroxylation is 1. The minimum Gasteiger partial charge on any atom is -0.423 e. The zero-order valence-electron chi connectivity index (χ0n) is 17.8. The van der Waals surface area contributed by atoms with Gasteiger partial charge in [-0.25, -0.2) is 9.59 Å². The first-order valence-electron chi connectivity index (χ1n) is 10.5. The van der Waals surface area contributed by atoms with Crippen molar-refractivity contribution in [1.29, 1.82) is 0 Å². The molecule has 32 heavy (non-hydrogen) atoms. The van der Waals surface area contributed by atoms with E-state index >= 15 is 0 Å². The van der Waals surface area contributed by atoms with Crippen molar-refractivity contribution < 1.29 is 18.7 Å². The fourth-order valence-corrected chi connectivity index (χ4v) is 3.79. The summed E-state index contributed by atoms with van der Waals surface area (Å²) in [4.78, 5) is 38.4. The maximum Gasteiger partial charge on any atom is 0.415 e. The van der Waals surface area contributed by atoms with Crippen molar-refractivity contribution in [3.63, 3.8) is 0 Å². The van der Waals surface area contributed by atoms with Gasteiger partial charge < -0.3 is 24.7 Å². The molecule has 1 atom stereocenters. The standard InChI is InChI=1S/C24H25N3O5/c1-16-11-23(29)32-21-13-19(7-8-20(16)21)31-24(30)27-10-9-25-14-18(27)15-26-22(28)12-17-5-3-2-4-6-17/h2-8,11,13,18,25H,9-10,12,14-15H2,1H3,(H,26,28). The van der Waals surface area contributed by atoms with E-state index in [1.54, 1.807) is 23.1 Å². The summed E-state index contributed by atoms with van der Waals surface area (Å²) in [6, 6.07) is 15.7. The van der Waals surface area contributed by atoms with Crippen LogP contribution in [0.15, 0.2) is 63.8 Å². The predicted molar refractivity (Wildman–Crippen MR) is 120 cm³/mol. The molecule has 3 aromatic rings. The first kappa shape index (κ1) is 21.6. The molecule has 166 valence electrons. The van der Waals surface area contributed by atoms with Crippen LogP contribution in [0, 0.1) is 6.92 Å². The lowest BCUT2D eigenvalue weighted by atomic mass is 10.1. The van der Waals surface area contributed by atoms with Gasteiger partial charge in [0.15, 0.2) is 0 Å². The van der Waals surface area contributed by atoms with Gasteiger partial charge in [0.05, 0.1) is 12.5 Å². The zero-order chi connectivity index (χ0) is 22.5. The number of hydrogen-bond donors (Lipinski definition) is 2. The molecule has 1 fully saturated rings. The fraction of sp³-hybridized carbons (Fsp3) is 0.292. The number of ether oxygens (including phenoxy) is 1. The lowest BCUT2D eigenvalue weighted by Crippen LogP contribution is -2.58.